The lowest BCUT2D eigenvalue weighted by atomic mass is 9.88. The highest BCUT2D eigenvalue weighted by Crippen LogP contribution is 2.24. The Bertz CT molecular complexity index is 274. The molecule has 0 bridgehead atoms. The van der Waals surface area contributed by atoms with Crippen LogP contribution in [0, 0.1) is 6.92 Å². The molecule has 1 heterocycles. The first-order valence-corrected chi connectivity index (χ1v) is 4.21. The van der Waals surface area contributed by atoms with Crippen LogP contribution in [-0.4, -0.2) is 18.2 Å². The monoisotopic (exact) mass is 163 g/mol. The largest absolute Gasteiger partial charge is 0.382 e. The summed E-state index contributed by atoms with van der Waals surface area (Å²) in [5, 5.41) is 13.0. The van der Waals surface area contributed by atoms with Crippen LogP contribution >= 0.6 is 0 Å². The molecule has 1 fully saturated rings. The topological polar surface area (TPSA) is 32.3 Å². The first-order chi connectivity index (χ1) is 5.71. The Hall–Kier alpha value is -0.860. The van der Waals surface area contributed by atoms with Crippen LogP contribution in [0.25, 0.3) is 0 Å². The Labute approximate surface area is 72.2 Å². The molecular formula is C10H13NO. The number of nitrogens with one attached hydrogen (secondary N) is 1. The minimum absolute atomic E-state index is 0.603. The number of aliphatic hydroxyl groups is 1. The van der Waals surface area contributed by atoms with Crippen molar-refractivity contribution in [3.63, 3.8) is 0 Å². The highest BCUT2D eigenvalue weighted by molar-refractivity contribution is 5.29. The molecular weight excluding hydrogens is 150 g/mol. The summed E-state index contributed by atoms with van der Waals surface area (Å²) in [6.45, 7) is 3.40. The first-order valence-electron chi connectivity index (χ1n) is 4.21. The molecule has 2 N–H and O–H groups in total. The molecule has 1 saturated heterocycles. The molecule has 0 amide bonds. The summed E-state index contributed by atoms with van der Waals surface area (Å²) in [6, 6.07) is 8.06. The van der Waals surface area contributed by atoms with Crippen LogP contribution in [0.3, 0.4) is 0 Å². The van der Waals surface area contributed by atoms with Crippen LogP contribution in [0.1, 0.15) is 11.1 Å². The molecule has 2 rings (SSSR count). The highest BCUT2D eigenvalue weighted by atomic mass is 16.3. The SMILES string of the molecule is Cc1ccc(C2(O)CNC2)cc1. The molecule has 0 saturated carbocycles. The molecule has 2 heteroatoms. The third-order valence-corrected chi connectivity index (χ3v) is 2.42. The second-order valence-electron chi connectivity index (χ2n) is 3.50. The summed E-state index contributed by atoms with van der Waals surface area (Å²) in [6.07, 6.45) is 0. The number of aryl methyl sites for hydroxylation is 1. The molecule has 0 spiro atoms. The molecule has 12 heavy (non-hydrogen) atoms. The second kappa shape index (κ2) is 2.57. The summed E-state index contributed by atoms with van der Waals surface area (Å²) >= 11 is 0. The maximum atomic E-state index is 9.91. The lowest BCUT2D eigenvalue weighted by molar-refractivity contribution is -0.0146. The van der Waals surface area contributed by atoms with Crippen molar-refractivity contribution in [1.82, 2.24) is 5.32 Å². The zero-order valence-corrected chi connectivity index (χ0v) is 7.17. The Morgan fingerprint density at radius 1 is 1.25 bits per heavy atom. The third kappa shape index (κ3) is 1.13. The van der Waals surface area contributed by atoms with Gasteiger partial charge in [0.2, 0.25) is 0 Å². The Morgan fingerprint density at radius 3 is 2.25 bits per heavy atom. The van der Waals surface area contributed by atoms with Gasteiger partial charge in [-0.2, -0.15) is 0 Å². The minimum atomic E-state index is -0.603. The van der Waals surface area contributed by atoms with E-state index < -0.39 is 5.60 Å². The van der Waals surface area contributed by atoms with Gasteiger partial charge in [-0.1, -0.05) is 29.8 Å². The summed E-state index contributed by atoms with van der Waals surface area (Å²) < 4.78 is 0. The summed E-state index contributed by atoms with van der Waals surface area (Å²) in [4.78, 5) is 0. The average Bonchev–Trinajstić information content (AvgIpc) is 2.02. The number of rotatable bonds is 1. The smallest absolute Gasteiger partial charge is 0.114 e. The highest BCUT2D eigenvalue weighted by Gasteiger charge is 2.35. The molecule has 64 valence electrons. The molecule has 1 aromatic carbocycles. The summed E-state index contributed by atoms with van der Waals surface area (Å²) in [7, 11) is 0. The van der Waals surface area contributed by atoms with Gasteiger partial charge in [-0.25, -0.2) is 0 Å². The second-order valence-corrected chi connectivity index (χ2v) is 3.50. The molecule has 0 aromatic heterocycles. The predicted octanol–water partition coefficient (Wildman–Crippen LogP) is 0.786. The molecule has 1 aliphatic rings. The van der Waals surface area contributed by atoms with Crippen LogP contribution in [0.2, 0.25) is 0 Å². The Kier molecular flexibility index (Phi) is 1.67. The van der Waals surface area contributed by atoms with E-state index in [1.165, 1.54) is 5.56 Å². The first kappa shape index (κ1) is 7.77. The van der Waals surface area contributed by atoms with Crippen molar-refractivity contribution >= 4 is 0 Å². The van der Waals surface area contributed by atoms with Gasteiger partial charge in [0.15, 0.2) is 0 Å². The fourth-order valence-corrected chi connectivity index (χ4v) is 1.43. The zero-order valence-electron chi connectivity index (χ0n) is 7.17. The molecule has 1 aromatic rings. The lowest BCUT2D eigenvalue weighted by Crippen LogP contribution is -2.56. The van der Waals surface area contributed by atoms with E-state index in [0.29, 0.717) is 13.1 Å². The van der Waals surface area contributed by atoms with Gasteiger partial charge in [0, 0.05) is 13.1 Å². The maximum Gasteiger partial charge on any atom is 0.114 e. The maximum absolute atomic E-state index is 9.91. The fourth-order valence-electron chi connectivity index (χ4n) is 1.43. The van der Waals surface area contributed by atoms with Crippen molar-refractivity contribution in [3.05, 3.63) is 35.4 Å². The minimum Gasteiger partial charge on any atom is -0.382 e. The zero-order chi connectivity index (χ0) is 8.60. The van der Waals surface area contributed by atoms with Crippen LogP contribution < -0.4 is 5.32 Å². The van der Waals surface area contributed by atoms with E-state index in [1.807, 2.05) is 31.2 Å². The van der Waals surface area contributed by atoms with E-state index in [-0.39, 0.29) is 0 Å². The van der Waals surface area contributed by atoms with Crippen molar-refractivity contribution in [3.8, 4) is 0 Å². The standard InChI is InChI=1S/C10H13NO/c1-8-2-4-9(5-3-8)10(12)6-11-7-10/h2-5,11-12H,6-7H2,1H3. The van der Waals surface area contributed by atoms with E-state index in [0.717, 1.165) is 5.56 Å². The quantitative estimate of drug-likeness (QED) is 0.641. The van der Waals surface area contributed by atoms with Gasteiger partial charge in [-0.05, 0) is 12.5 Å². The molecule has 0 radical (unpaired) electrons. The number of hydrogen-bond acceptors (Lipinski definition) is 2. The molecule has 1 aliphatic heterocycles. The van der Waals surface area contributed by atoms with Gasteiger partial charge in [0.25, 0.3) is 0 Å². The van der Waals surface area contributed by atoms with Crippen molar-refractivity contribution < 1.29 is 5.11 Å². The molecule has 0 aliphatic carbocycles. The van der Waals surface area contributed by atoms with Gasteiger partial charge in [0.1, 0.15) is 5.60 Å². The van der Waals surface area contributed by atoms with Crippen molar-refractivity contribution in [2.24, 2.45) is 0 Å². The number of hydrogen-bond donors (Lipinski definition) is 2. The van der Waals surface area contributed by atoms with Crippen molar-refractivity contribution in [1.29, 1.82) is 0 Å². The van der Waals surface area contributed by atoms with Crippen molar-refractivity contribution in [2.45, 2.75) is 12.5 Å². The van der Waals surface area contributed by atoms with Crippen molar-refractivity contribution in [2.75, 3.05) is 13.1 Å². The van der Waals surface area contributed by atoms with Gasteiger partial charge < -0.3 is 10.4 Å². The normalized spacial score (nSPS) is 20.2. The van der Waals surface area contributed by atoms with E-state index in [1.54, 1.807) is 0 Å². The van der Waals surface area contributed by atoms with Gasteiger partial charge in [-0.15, -0.1) is 0 Å². The molecule has 0 unspecified atom stereocenters. The van der Waals surface area contributed by atoms with Crippen LogP contribution in [-0.2, 0) is 5.60 Å². The third-order valence-electron chi connectivity index (χ3n) is 2.42. The number of benzene rings is 1. The van der Waals surface area contributed by atoms with Crippen LogP contribution in [0.4, 0.5) is 0 Å². The number of β-amino-alcohol motifs (C(OH)–C–C–N with tert-alkyl or cyclic N) is 1. The van der Waals surface area contributed by atoms with E-state index in [2.05, 4.69) is 5.32 Å². The Balaban J connectivity index is 2.28. The van der Waals surface area contributed by atoms with E-state index in [4.69, 9.17) is 0 Å². The average molecular weight is 163 g/mol. The molecule has 2 nitrogen and oxygen atoms in total. The van der Waals surface area contributed by atoms with E-state index in [9.17, 15) is 5.11 Å². The van der Waals surface area contributed by atoms with Gasteiger partial charge in [-0.3, -0.25) is 0 Å². The summed E-state index contributed by atoms with van der Waals surface area (Å²) in [5.74, 6) is 0. The fraction of sp³-hybridized carbons (Fsp3) is 0.400. The lowest BCUT2D eigenvalue weighted by Gasteiger charge is -2.38. The molecule has 0 atom stereocenters. The summed E-state index contributed by atoms with van der Waals surface area (Å²) in [5.41, 5.74) is 1.65. The Morgan fingerprint density at radius 2 is 1.83 bits per heavy atom. The van der Waals surface area contributed by atoms with Gasteiger partial charge >= 0.3 is 0 Å². The van der Waals surface area contributed by atoms with E-state index >= 15 is 0 Å². The van der Waals surface area contributed by atoms with Gasteiger partial charge in [0.05, 0.1) is 0 Å². The predicted molar refractivity (Wildman–Crippen MR) is 47.9 cm³/mol. The van der Waals surface area contributed by atoms with Crippen LogP contribution in [0.5, 0.6) is 0 Å². The van der Waals surface area contributed by atoms with Crippen LogP contribution in [0.15, 0.2) is 24.3 Å².